The van der Waals surface area contributed by atoms with Crippen LogP contribution in [0.5, 0.6) is 0 Å². The number of aryl methyl sites for hydroxylation is 2. The maximum atomic E-state index is 13.2. The van der Waals surface area contributed by atoms with Gasteiger partial charge in [0, 0.05) is 21.7 Å². The Balaban J connectivity index is 1.76. The summed E-state index contributed by atoms with van der Waals surface area (Å²) >= 11 is 1.60. The van der Waals surface area contributed by atoms with Gasteiger partial charge < -0.3 is 5.32 Å². The van der Waals surface area contributed by atoms with Gasteiger partial charge in [-0.25, -0.2) is 4.98 Å². The van der Waals surface area contributed by atoms with Crippen LogP contribution in [-0.2, 0) is 0 Å². The SMILES string of the molecule is CC#CCN1C(=O)c2ccccc2Sc2cc(Nc3ncc(C)cc3C)ccc21. The van der Waals surface area contributed by atoms with Crippen molar-refractivity contribution in [2.45, 2.75) is 30.6 Å². The summed E-state index contributed by atoms with van der Waals surface area (Å²) in [6, 6.07) is 15.9. The molecule has 5 heteroatoms. The highest BCUT2D eigenvalue weighted by Gasteiger charge is 2.26. The lowest BCUT2D eigenvalue weighted by atomic mass is 10.1. The van der Waals surface area contributed by atoms with Gasteiger partial charge >= 0.3 is 0 Å². The summed E-state index contributed by atoms with van der Waals surface area (Å²) in [5.41, 5.74) is 4.74. The zero-order chi connectivity index (χ0) is 20.4. The highest BCUT2D eigenvalue weighted by Crippen LogP contribution is 2.42. The normalized spacial score (nSPS) is 12.4. The smallest absolute Gasteiger partial charge is 0.260 e. The predicted octanol–water partition coefficient (Wildman–Crippen LogP) is 5.58. The molecule has 0 atom stereocenters. The van der Waals surface area contributed by atoms with E-state index >= 15 is 0 Å². The monoisotopic (exact) mass is 399 g/mol. The van der Waals surface area contributed by atoms with Crippen molar-refractivity contribution >= 4 is 34.9 Å². The van der Waals surface area contributed by atoms with Crippen LogP contribution < -0.4 is 10.2 Å². The van der Waals surface area contributed by atoms with Gasteiger partial charge in [-0.2, -0.15) is 0 Å². The number of benzene rings is 2. The van der Waals surface area contributed by atoms with Crippen LogP contribution in [0.2, 0.25) is 0 Å². The number of carbonyl (C=O) groups is 1. The second-order valence-corrected chi connectivity index (χ2v) is 7.99. The highest BCUT2D eigenvalue weighted by atomic mass is 32.2. The Labute approximate surface area is 175 Å². The number of carbonyl (C=O) groups excluding carboxylic acids is 1. The molecule has 3 aromatic rings. The topological polar surface area (TPSA) is 45.2 Å². The number of amides is 1. The van der Waals surface area contributed by atoms with Crippen LogP contribution in [0.15, 0.2) is 64.5 Å². The van der Waals surface area contributed by atoms with Crippen LogP contribution in [0.4, 0.5) is 17.2 Å². The van der Waals surface area contributed by atoms with Crippen LogP contribution in [0, 0.1) is 25.7 Å². The van der Waals surface area contributed by atoms with Crippen molar-refractivity contribution in [3.8, 4) is 11.8 Å². The molecule has 1 N–H and O–H groups in total. The first-order chi connectivity index (χ1) is 14.1. The first-order valence-corrected chi connectivity index (χ1v) is 10.2. The summed E-state index contributed by atoms with van der Waals surface area (Å²) in [6.07, 6.45) is 1.85. The van der Waals surface area contributed by atoms with Gasteiger partial charge in [0.15, 0.2) is 0 Å². The Morgan fingerprint density at radius 3 is 2.72 bits per heavy atom. The number of aromatic nitrogens is 1. The molecule has 1 aliphatic heterocycles. The number of nitrogens with one attached hydrogen (secondary N) is 1. The molecule has 0 fully saturated rings. The standard InChI is InChI=1S/C24H21N3OS/c1-4-5-12-27-20-11-10-18(26-23-17(3)13-16(2)15-25-23)14-22(20)29-21-9-7-6-8-19(21)24(27)28/h6-11,13-15H,12H2,1-3H3,(H,25,26). The maximum Gasteiger partial charge on any atom is 0.260 e. The van der Waals surface area contributed by atoms with Gasteiger partial charge in [-0.15, -0.1) is 5.92 Å². The van der Waals surface area contributed by atoms with E-state index in [4.69, 9.17) is 0 Å². The second-order valence-electron chi connectivity index (χ2n) is 6.90. The fraction of sp³-hybridized carbons (Fsp3) is 0.167. The molecule has 29 heavy (non-hydrogen) atoms. The van der Waals surface area contributed by atoms with Crippen molar-refractivity contribution < 1.29 is 4.79 Å². The lowest BCUT2D eigenvalue weighted by Gasteiger charge is -2.21. The number of nitrogens with zero attached hydrogens (tertiary/aromatic N) is 2. The lowest BCUT2D eigenvalue weighted by molar-refractivity contribution is 0.0987. The van der Waals surface area contributed by atoms with Crippen LogP contribution in [0.1, 0.15) is 28.4 Å². The molecule has 0 spiro atoms. The Kier molecular flexibility index (Phi) is 5.28. The van der Waals surface area contributed by atoms with Crippen LogP contribution in [0.3, 0.4) is 0 Å². The molecular formula is C24H21N3OS. The Morgan fingerprint density at radius 2 is 1.93 bits per heavy atom. The molecule has 1 amide bonds. The molecule has 0 radical (unpaired) electrons. The van der Waals surface area contributed by atoms with E-state index in [0.29, 0.717) is 12.1 Å². The fourth-order valence-corrected chi connectivity index (χ4v) is 4.42. The van der Waals surface area contributed by atoms with Crippen molar-refractivity contribution in [3.63, 3.8) is 0 Å². The first kappa shape index (κ1) is 19.1. The third-order valence-corrected chi connectivity index (χ3v) is 5.85. The summed E-state index contributed by atoms with van der Waals surface area (Å²) in [4.78, 5) is 21.4. The molecule has 4 rings (SSSR count). The molecular weight excluding hydrogens is 378 g/mol. The van der Waals surface area contributed by atoms with Gasteiger partial charge in [0.25, 0.3) is 5.91 Å². The van der Waals surface area contributed by atoms with E-state index < -0.39 is 0 Å². The van der Waals surface area contributed by atoms with Crippen molar-refractivity contribution in [3.05, 3.63) is 71.4 Å². The summed E-state index contributed by atoms with van der Waals surface area (Å²) < 4.78 is 0. The molecule has 4 nitrogen and oxygen atoms in total. The third-order valence-electron chi connectivity index (χ3n) is 4.72. The van der Waals surface area contributed by atoms with Crippen molar-refractivity contribution in [1.82, 2.24) is 4.98 Å². The minimum Gasteiger partial charge on any atom is -0.340 e. The van der Waals surface area contributed by atoms with E-state index in [-0.39, 0.29) is 5.91 Å². The molecule has 0 unspecified atom stereocenters. The van der Waals surface area contributed by atoms with Gasteiger partial charge in [-0.1, -0.05) is 35.9 Å². The number of rotatable bonds is 3. The van der Waals surface area contributed by atoms with E-state index in [1.807, 2.05) is 56.4 Å². The predicted molar refractivity (Wildman–Crippen MR) is 119 cm³/mol. The number of fused-ring (bicyclic) bond motifs is 2. The Bertz CT molecular complexity index is 1160. The summed E-state index contributed by atoms with van der Waals surface area (Å²) in [5.74, 6) is 6.74. The zero-order valence-corrected chi connectivity index (χ0v) is 17.4. The van der Waals surface area contributed by atoms with Crippen molar-refractivity contribution in [2.75, 3.05) is 16.8 Å². The number of pyridine rings is 1. The maximum absolute atomic E-state index is 13.2. The van der Waals surface area contributed by atoms with E-state index in [2.05, 4.69) is 34.3 Å². The van der Waals surface area contributed by atoms with Crippen LogP contribution in [-0.4, -0.2) is 17.4 Å². The summed E-state index contributed by atoms with van der Waals surface area (Å²) in [6.45, 7) is 6.23. The van der Waals surface area contributed by atoms with E-state index in [0.717, 1.165) is 38.1 Å². The Hall–Kier alpha value is -3.23. The third kappa shape index (κ3) is 3.85. The minimum atomic E-state index is -0.0219. The second kappa shape index (κ2) is 8.02. The van der Waals surface area contributed by atoms with Crippen molar-refractivity contribution in [2.24, 2.45) is 0 Å². The van der Waals surface area contributed by atoms with E-state index in [9.17, 15) is 4.79 Å². The summed E-state index contributed by atoms with van der Waals surface area (Å²) in [5, 5.41) is 3.41. The van der Waals surface area contributed by atoms with Crippen molar-refractivity contribution in [1.29, 1.82) is 0 Å². The molecule has 144 valence electrons. The molecule has 0 bridgehead atoms. The van der Waals surface area contributed by atoms with Crippen LogP contribution >= 0.6 is 11.8 Å². The van der Waals surface area contributed by atoms with E-state index in [1.54, 1.807) is 23.6 Å². The Morgan fingerprint density at radius 1 is 1.10 bits per heavy atom. The quantitative estimate of drug-likeness (QED) is 0.584. The van der Waals surface area contributed by atoms with E-state index in [1.165, 1.54) is 0 Å². The molecule has 1 aliphatic rings. The molecule has 0 saturated heterocycles. The average molecular weight is 400 g/mol. The first-order valence-electron chi connectivity index (χ1n) is 9.39. The van der Waals surface area contributed by atoms with Gasteiger partial charge in [0.05, 0.1) is 17.8 Å². The minimum absolute atomic E-state index is 0.0219. The lowest BCUT2D eigenvalue weighted by Crippen LogP contribution is -2.31. The molecule has 0 saturated carbocycles. The fourth-order valence-electron chi connectivity index (χ4n) is 3.30. The largest absolute Gasteiger partial charge is 0.340 e. The summed E-state index contributed by atoms with van der Waals surface area (Å²) in [7, 11) is 0. The zero-order valence-electron chi connectivity index (χ0n) is 16.6. The van der Waals surface area contributed by atoms with Crippen LogP contribution in [0.25, 0.3) is 0 Å². The average Bonchev–Trinajstić information content (AvgIpc) is 2.82. The number of anilines is 3. The van der Waals surface area contributed by atoms with Gasteiger partial charge in [-0.05, 0) is 62.2 Å². The number of hydrogen-bond acceptors (Lipinski definition) is 4. The molecule has 0 aliphatic carbocycles. The molecule has 2 aromatic carbocycles. The van der Waals surface area contributed by atoms with Gasteiger partial charge in [0.2, 0.25) is 0 Å². The van der Waals surface area contributed by atoms with Gasteiger partial charge in [-0.3, -0.25) is 9.69 Å². The van der Waals surface area contributed by atoms with Gasteiger partial charge in [0.1, 0.15) is 5.82 Å². The number of hydrogen-bond donors (Lipinski definition) is 1. The molecule has 2 heterocycles. The highest BCUT2D eigenvalue weighted by molar-refractivity contribution is 7.99. The molecule has 1 aromatic heterocycles.